The zero-order valence-electron chi connectivity index (χ0n) is 26.1. The number of benzene rings is 6. The molecule has 45 heavy (non-hydrogen) atoms. The van der Waals surface area contributed by atoms with Crippen molar-refractivity contribution in [1.29, 1.82) is 0 Å². The molecule has 216 valence electrons. The number of allylic oxidation sites excluding steroid dienone is 1. The average Bonchev–Trinajstić information content (AvgIpc) is 3.57. The first kappa shape index (κ1) is 28.3. The summed E-state index contributed by atoms with van der Waals surface area (Å²) in [6, 6.07) is 55.1. The van der Waals surface area contributed by atoms with E-state index in [2.05, 4.69) is 172 Å². The average molecular weight is 656 g/mol. The monoisotopic (exact) mass is 654 g/mol. The van der Waals surface area contributed by atoms with E-state index in [1.54, 1.807) is 3.21 Å². The standard InChI is InChI=1S/C16H13.C15H13.C13H10.Zr/c1-12-10-14-8-5-9-15(16(14)11-12)13-6-3-2-4-7-13;1-10-3-5-14-12(7-10)9-13-8-11(2)4-6-15(13)14;1-3-7-12(8-4-1)11-13-9-5-2-6-10-13;/h2-11H,1H3;3-9H,1-2H3;1-10H;. The predicted molar refractivity (Wildman–Crippen MR) is 188 cm³/mol. The van der Waals surface area contributed by atoms with E-state index >= 15 is 0 Å². The van der Waals surface area contributed by atoms with E-state index in [0.717, 1.165) is 0 Å². The molecule has 8 rings (SSSR count). The van der Waals surface area contributed by atoms with E-state index in [0.29, 0.717) is 7.25 Å². The molecule has 1 heteroatoms. The summed E-state index contributed by atoms with van der Waals surface area (Å²) in [6.45, 7) is 6.93. The molecule has 0 aliphatic heterocycles. The fourth-order valence-electron chi connectivity index (χ4n) is 7.83. The first-order chi connectivity index (χ1) is 22.1. The topological polar surface area (TPSA) is 0 Å². The van der Waals surface area contributed by atoms with Gasteiger partial charge in [0.1, 0.15) is 0 Å². The van der Waals surface area contributed by atoms with Gasteiger partial charge in [0.15, 0.2) is 0 Å². The van der Waals surface area contributed by atoms with Crippen LogP contribution in [0, 0.1) is 13.8 Å². The van der Waals surface area contributed by atoms with Gasteiger partial charge in [0.25, 0.3) is 0 Å². The van der Waals surface area contributed by atoms with E-state index < -0.39 is 21.3 Å². The molecule has 0 N–H and O–H groups in total. The Balaban J connectivity index is 1.50. The first-order valence-electron chi connectivity index (χ1n) is 16.0. The van der Waals surface area contributed by atoms with Crippen LogP contribution in [-0.4, -0.2) is 3.21 Å². The van der Waals surface area contributed by atoms with Gasteiger partial charge in [-0.05, 0) is 0 Å². The molecule has 6 aromatic carbocycles. The summed E-state index contributed by atoms with van der Waals surface area (Å²) in [5, 5.41) is 0. The van der Waals surface area contributed by atoms with Gasteiger partial charge in [0, 0.05) is 0 Å². The Hall–Kier alpha value is -4.19. The van der Waals surface area contributed by atoms with Crippen LogP contribution in [0.4, 0.5) is 0 Å². The van der Waals surface area contributed by atoms with Crippen LogP contribution in [0.3, 0.4) is 0 Å². The van der Waals surface area contributed by atoms with Gasteiger partial charge in [-0.1, -0.05) is 0 Å². The van der Waals surface area contributed by atoms with E-state index in [4.69, 9.17) is 0 Å². The Morgan fingerprint density at radius 2 is 1.00 bits per heavy atom. The van der Waals surface area contributed by atoms with Crippen LogP contribution < -0.4 is 0 Å². The van der Waals surface area contributed by atoms with Gasteiger partial charge < -0.3 is 0 Å². The van der Waals surface area contributed by atoms with E-state index in [9.17, 15) is 0 Å². The Morgan fingerprint density at radius 1 is 0.467 bits per heavy atom. The number of fused-ring (bicyclic) bond motifs is 4. The summed E-state index contributed by atoms with van der Waals surface area (Å²) in [7, 11) is 0. The molecular weight excluding hydrogens is 620 g/mol. The maximum absolute atomic E-state index is 2.88. The SMILES string of the molecule is CC1=Cc2c(-c3ccccc3)cccc2[CH]1[Zr](=[C](c1ccccc1)c1ccccc1)[CH]1c2cc(C)ccc2-c2ccc(C)cc21. The summed E-state index contributed by atoms with van der Waals surface area (Å²) < 4.78 is 2.42. The molecule has 2 aliphatic rings. The van der Waals surface area contributed by atoms with Gasteiger partial charge in [0.05, 0.1) is 0 Å². The van der Waals surface area contributed by atoms with Gasteiger partial charge in [-0.15, -0.1) is 0 Å². The van der Waals surface area contributed by atoms with Crippen LogP contribution >= 0.6 is 0 Å². The van der Waals surface area contributed by atoms with Crippen molar-refractivity contribution >= 4 is 9.28 Å². The molecule has 0 bridgehead atoms. The van der Waals surface area contributed by atoms with Crippen molar-refractivity contribution in [3.63, 3.8) is 0 Å². The van der Waals surface area contributed by atoms with Gasteiger partial charge >= 0.3 is 276 Å². The van der Waals surface area contributed by atoms with Crippen molar-refractivity contribution in [1.82, 2.24) is 0 Å². The van der Waals surface area contributed by atoms with Crippen LogP contribution in [0.2, 0.25) is 0 Å². The maximum atomic E-state index is 2.53. The number of rotatable bonds is 5. The molecule has 0 aromatic heterocycles. The quantitative estimate of drug-likeness (QED) is 0.173. The van der Waals surface area contributed by atoms with E-state index in [1.165, 1.54) is 72.3 Å². The molecule has 0 nitrogen and oxygen atoms in total. The summed E-state index contributed by atoms with van der Waals surface area (Å²) in [4.78, 5) is 0. The minimum absolute atomic E-state index is 0.396. The zero-order valence-corrected chi connectivity index (χ0v) is 28.5. The molecule has 0 spiro atoms. The van der Waals surface area contributed by atoms with Crippen molar-refractivity contribution in [2.24, 2.45) is 0 Å². The second-order valence-electron chi connectivity index (χ2n) is 12.7. The van der Waals surface area contributed by atoms with Crippen molar-refractivity contribution in [2.45, 2.75) is 28.0 Å². The van der Waals surface area contributed by atoms with Crippen molar-refractivity contribution in [3.05, 3.63) is 196 Å². The molecule has 1 atom stereocenters. The molecule has 0 fully saturated rings. The Kier molecular flexibility index (Phi) is 7.31. The normalized spacial score (nSPS) is 14.8. The molecule has 0 heterocycles. The Labute approximate surface area is 274 Å². The number of hydrogen-bond donors (Lipinski definition) is 0. The third-order valence-electron chi connectivity index (χ3n) is 9.72. The van der Waals surface area contributed by atoms with Crippen molar-refractivity contribution < 1.29 is 21.3 Å². The van der Waals surface area contributed by atoms with E-state index in [-0.39, 0.29) is 0 Å². The van der Waals surface area contributed by atoms with E-state index in [1.807, 2.05) is 0 Å². The van der Waals surface area contributed by atoms with Crippen LogP contribution in [-0.2, 0) is 21.3 Å². The Morgan fingerprint density at radius 3 is 1.56 bits per heavy atom. The van der Waals surface area contributed by atoms with Gasteiger partial charge in [0.2, 0.25) is 0 Å². The summed E-state index contributed by atoms with van der Waals surface area (Å²) in [5.41, 5.74) is 18.5. The fraction of sp³-hybridized carbons (Fsp3) is 0.114. The molecule has 2 aliphatic carbocycles. The predicted octanol–water partition coefficient (Wildman–Crippen LogP) is 11.1. The van der Waals surface area contributed by atoms with Gasteiger partial charge in [-0.2, -0.15) is 0 Å². The molecular formula is C44H36Zr. The van der Waals surface area contributed by atoms with Crippen LogP contribution in [0.15, 0.2) is 151 Å². The summed E-state index contributed by atoms with van der Waals surface area (Å²) >= 11 is -2.88. The summed E-state index contributed by atoms with van der Waals surface area (Å²) in [6.07, 6.45) is 2.53. The first-order valence-corrected chi connectivity index (χ1v) is 20.1. The van der Waals surface area contributed by atoms with Gasteiger partial charge in [-0.3, -0.25) is 0 Å². The van der Waals surface area contributed by atoms with Crippen molar-refractivity contribution in [2.75, 3.05) is 0 Å². The molecule has 6 aromatic rings. The summed E-state index contributed by atoms with van der Waals surface area (Å²) in [5.74, 6) is 0. The van der Waals surface area contributed by atoms with Crippen LogP contribution in [0.1, 0.15) is 58.7 Å². The molecule has 1 unspecified atom stereocenters. The number of hydrogen-bond acceptors (Lipinski definition) is 0. The minimum atomic E-state index is -2.88. The van der Waals surface area contributed by atoms with Crippen LogP contribution in [0.25, 0.3) is 28.3 Å². The Bertz CT molecular complexity index is 2020. The van der Waals surface area contributed by atoms with Gasteiger partial charge in [-0.25, -0.2) is 0 Å². The molecule has 0 saturated carbocycles. The second kappa shape index (κ2) is 11.6. The number of aryl methyl sites for hydroxylation is 2. The second-order valence-corrected chi connectivity index (χ2v) is 19.0. The molecule has 0 saturated heterocycles. The van der Waals surface area contributed by atoms with Crippen LogP contribution in [0.5, 0.6) is 0 Å². The molecule has 0 radical (unpaired) electrons. The third-order valence-corrected chi connectivity index (χ3v) is 19.0. The zero-order chi connectivity index (χ0) is 30.5. The third kappa shape index (κ3) is 4.90. The fourth-order valence-corrected chi connectivity index (χ4v) is 18.2. The van der Waals surface area contributed by atoms with Crippen molar-refractivity contribution in [3.8, 4) is 22.3 Å². The molecule has 0 amide bonds.